The highest BCUT2D eigenvalue weighted by atomic mass is 32.2. The Morgan fingerprint density at radius 3 is 2.57 bits per heavy atom. The van der Waals surface area contributed by atoms with E-state index in [-0.39, 0.29) is 33.7 Å². The molecule has 4 rings (SSSR count). The fourth-order valence-corrected chi connectivity index (χ4v) is 4.73. The fourth-order valence-electron chi connectivity index (χ4n) is 3.69. The monoisotopic (exact) mass is 500 g/mol. The summed E-state index contributed by atoms with van der Waals surface area (Å²) in [4.78, 5) is 18.3. The number of carbonyl (C=O) groups excluding carboxylic acids is 1. The number of hydrogen-bond acceptors (Lipinski definition) is 9. The van der Waals surface area contributed by atoms with Gasteiger partial charge in [-0.25, -0.2) is 17.1 Å². The first kappa shape index (κ1) is 24.4. The van der Waals surface area contributed by atoms with Gasteiger partial charge in [0.25, 0.3) is 5.91 Å². The number of hydrogen-bond donors (Lipinski definition) is 3. The Kier molecular flexibility index (Phi) is 6.65. The van der Waals surface area contributed by atoms with Crippen LogP contribution >= 0.6 is 0 Å². The zero-order chi connectivity index (χ0) is 25.3. The van der Waals surface area contributed by atoms with Crippen LogP contribution in [0.15, 0.2) is 41.3 Å². The largest absolute Gasteiger partial charge is 0.364 e. The first-order valence-corrected chi connectivity index (χ1v) is 12.1. The number of para-hydroxylation sites is 1. The van der Waals surface area contributed by atoms with Gasteiger partial charge in [-0.2, -0.15) is 4.98 Å². The minimum Gasteiger partial charge on any atom is -0.364 e. The van der Waals surface area contributed by atoms with Gasteiger partial charge in [-0.1, -0.05) is 12.1 Å². The number of nitrogens with one attached hydrogen (secondary N) is 2. The second-order valence-electron chi connectivity index (χ2n) is 8.32. The van der Waals surface area contributed by atoms with E-state index in [9.17, 15) is 17.6 Å². The van der Waals surface area contributed by atoms with Crippen LogP contribution in [-0.4, -0.2) is 66.4 Å². The molecule has 35 heavy (non-hydrogen) atoms. The molecule has 0 unspecified atom stereocenters. The molecular weight excluding hydrogens is 475 g/mol. The van der Waals surface area contributed by atoms with Gasteiger partial charge in [0, 0.05) is 27.2 Å². The SMILES string of the molecule is CN1CCc2cc(F)c(Nc3nnc(C(N)=O)c(Nc4ccccc4S(=O)(=O)N(C)C)n3)cc2C1. The second-order valence-corrected chi connectivity index (χ2v) is 10.4. The molecule has 1 aliphatic rings. The average Bonchev–Trinajstić information content (AvgIpc) is 2.80. The summed E-state index contributed by atoms with van der Waals surface area (Å²) in [5.74, 6) is -1.63. The molecule has 1 aromatic heterocycles. The molecule has 0 radical (unpaired) electrons. The number of likely N-dealkylation sites (N-methyl/N-ethyl adjacent to an activating group) is 1. The van der Waals surface area contributed by atoms with Gasteiger partial charge in [-0.15, -0.1) is 10.2 Å². The molecule has 0 bridgehead atoms. The van der Waals surface area contributed by atoms with Crippen LogP contribution in [0.5, 0.6) is 0 Å². The van der Waals surface area contributed by atoms with E-state index in [1.807, 2.05) is 7.05 Å². The molecule has 184 valence electrons. The second kappa shape index (κ2) is 9.52. The first-order valence-electron chi connectivity index (χ1n) is 10.7. The molecule has 2 heterocycles. The van der Waals surface area contributed by atoms with E-state index in [1.165, 1.54) is 32.3 Å². The number of rotatable bonds is 7. The van der Waals surface area contributed by atoms with Crippen molar-refractivity contribution in [1.29, 1.82) is 0 Å². The quantitative estimate of drug-likeness (QED) is 0.442. The van der Waals surface area contributed by atoms with Crippen molar-refractivity contribution in [2.45, 2.75) is 17.9 Å². The van der Waals surface area contributed by atoms with Gasteiger partial charge in [0.15, 0.2) is 11.5 Å². The minimum atomic E-state index is -3.82. The van der Waals surface area contributed by atoms with E-state index in [2.05, 4.69) is 30.7 Å². The van der Waals surface area contributed by atoms with Crippen molar-refractivity contribution in [1.82, 2.24) is 24.4 Å². The van der Waals surface area contributed by atoms with Gasteiger partial charge >= 0.3 is 0 Å². The van der Waals surface area contributed by atoms with Gasteiger partial charge in [-0.3, -0.25) is 4.79 Å². The Morgan fingerprint density at radius 2 is 1.86 bits per heavy atom. The fraction of sp³-hybridized carbons (Fsp3) is 0.273. The van der Waals surface area contributed by atoms with Crippen LogP contribution in [0, 0.1) is 5.82 Å². The molecule has 0 fully saturated rings. The molecule has 3 aromatic rings. The summed E-state index contributed by atoms with van der Waals surface area (Å²) in [6.07, 6.45) is 0.748. The number of anilines is 4. The third-order valence-electron chi connectivity index (χ3n) is 5.56. The Morgan fingerprint density at radius 1 is 1.11 bits per heavy atom. The highest BCUT2D eigenvalue weighted by Gasteiger charge is 2.23. The van der Waals surface area contributed by atoms with E-state index in [1.54, 1.807) is 18.2 Å². The number of sulfonamides is 1. The number of carbonyl (C=O) groups is 1. The van der Waals surface area contributed by atoms with E-state index >= 15 is 0 Å². The zero-order valence-electron chi connectivity index (χ0n) is 19.4. The van der Waals surface area contributed by atoms with Gasteiger partial charge in [0.1, 0.15) is 10.7 Å². The smallest absolute Gasteiger partial charge is 0.273 e. The van der Waals surface area contributed by atoms with Crippen LogP contribution in [0.4, 0.5) is 27.5 Å². The van der Waals surface area contributed by atoms with Crippen molar-refractivity contribution in [2.24, 2.45) is 5.73 Å². The Hall–Kier alpha value is -3.68. The molecule has 1 aliphatic heterocycles. The van der Waals surface area contributed by atoms with E-state index in [4.69, 9.17) is 5.73 Å². The number of nitrogens with two attached hydrogens (primary N) is 1. The number of aromatic nitrogens is 3. The molecule has 2 aromatic carbocycles. The van der Waals surface area contributed by atoms with Crippen LogP contribution in [0.1, 0.15) is 21.6 Å². The lowest BCUT2D eigenvalue weighted by molar-refractivity contribution is 0.0995. The molecule has 0 aliphatic carbocycles. The van der Waals surface area contributed by atoms with Crippen LogP contribution in [0.3, 0.4) is 0 Å². The molecule has 13 heteroatoms. The zero-order valence-corrected chi connectivity index (χ0v) is 20.2. The van der Waals surface area contributed by atoms with Crippen molar-refractivity contribution in [3.05, 3.63) is 59.0 Å². The van der Waals surface area contributed by atoms with E-state index < -0.39 is 21.7 Å². The van der Waals surface area contributed by atoms with Crippen molar-refractivity contribution in [3.63, 3.8) is 0 Å². The highest BCUT2D eigenvalue weighted by Crippen LogP contribution is 2.29. The Bertz CT molecular complexity index is 1400. The van der Waals surface area contributed by atoms with Crippen LogP contribution in [0.2, 0.25) is 0 Å². The van der Waals surface area contributed by atoms with Crippen molar-refractivity contribution >= 4 is 39.1 Å². The lowest BCUT2D eigenvalue weighted by Gasteiger charge is -2.25. The normalized spacial score (nSPS) is 14.0. The predicted molar refractivity (Wildman–Crippen MR) is 129 cm³/mol. The maximum absolute atomic E-state index is 14.8. The number of fused-ring (bicyclic) bond motifs is 1. The van der Waals surface area contributed by atoms with Gasteiger partial charge < -0.3 is 21.3 Å². The lowest BCUT2D eigenvalue weighted by Crippen LogP contribution is -2.26. The molecule has 0 atom stereocenters. The molecule has 0 saturated carbocycles. The first-order chi connectivity index (χ1) is 16.6. The molecular formula is C22H25FN8O3S. The molecule has 0 saturated heterocycles. The van der Waals surface area contributed by atoms with Crippen molar-refractivity contribution < 1.29 is 17.6 Å². The van der Waals surface area contributed by atoms with E-state index in [0.717, 1.165) is 28.4 Å². The minimum absolute atomic E-state index is 0.0432. The van der Waals surface area contributed by atoms with Crippen LogP contribution < -0.4 is 16.4 Å². The van der Waals surface area contributed by atoms with Crippen LogP contribution in [0.25, 0.3) is 0 Å². The summed E-state index contributed by atoms with van der Waals surface area (Å²) in [5, 5.41) is 13.3. The van der Waals surface area contributed by atoms with E-state index in [0.29, 0.717) is 6.54 Å². The number of benzene rings is 2. The summed E-state index contributed by atoms with van der Waals surface area (Å²) in [7, 11) is 0.976. The molecule has 0 spiro atoms. The highest BCUT2D eigenvalue weighted by molar-refractivity contribution is 7.89. The number of nitrogens with zero attached hydrogens (tertiary/aromatic N) is 5. The maximum atomic E-state index is 14.8. The molecule has 4 N–H and O–H groups in total. The summed E-state index contributed by atoms with van der Waals surface area (Å²) in [5.41, 5.74) is 7.33. The summed E-state index contributed by atoms with van der Waals surface area (Å²) in [6.45, 7) is 1.52. The lowest BCUT2D eigenvalue weighted by atomic mass is 9.99. The summed E-state index contributed by atoms with van der Waals surface area (Å²) in [6, 6.07) is 9.28. The average molecular weight is 501 g/mol. The Balaban J connectivity index is 1.71. The number of halogens is 1. The van der Waals surface area contributed by atoms with Gasteiger partial charge in [0.05, 0.1) is 11.4 Å². The van der Waals surface area contributed by atoms with Gasteiger partial charge in [0.2, 0.25) is 16.0 Å². The number of amides is 1. The summed E-state index contributed by atoms with van der Waals surface area (Å²) < 4.78 is 41.3. The third-order valence-corrected chi connectivity index (χ3v) is 7.43. The standard InChI is InChI=1S/C22H25FN8O3S/c1-30(2)35(33,34)18-7-5-4-6-16(18)25-21-19(20(24)32)28-29-22(27-21)26-17-11-14-12-31(3)9-8-13(14)10-15(17)23/h4-7,10-11H,8-9,12H2,1-3H3,(H2,24,32)(H2,25,26,27,29). The van der Waals surface area contributed by atoms with Crippen molar-refractivity contribution in [3.8, 4) is 0 Å². The van der Waals surface area contributed by atoms with Gasteiger partial charge in [-0.05, 0) is 48.9 Å². The van der Waals surface area contributed by atoms with Crippen LogP contribution in [-0.2, 0) is 23.0 Å². The number of primary amides is 1. The molecule has 1 amide bonds. The third kappa shape index (κ3) is 5.06. The Labute approximate surface area is 202 Å². The predicted octanol–water partition coefficient (Wildman–Crippen LogP) is 1.83. The maximum Gasteiger partial charge on any atom is 0.273 e. The molecule has 11 nitrogen and oxygen atoms in total. The van der Waals surface area contributed by atoms with Crippen molar-refractivity contribution in [2.75, 3.05) is 38.3 Å². The summed E-state index contributed by atoms with van der Waals surface area (Å²) >= 11 is 0. The topological polar surface area (TPSA) is 146 Å².